The van der Waals surface area contributed by atoms with Crippen LogP contribution in [0, 0.1) is 34.5 Å². The summed E-state index contributed by atoms with van der Waals surface area (Å²) in [6.07, 6.45) is 1.31. The van der Waals surface area contributed by atoms with E-state index in [4.69, 9.17) is 4.74 Å². The van der Waals surface area contributed by atoms with Gasteiger partial charge in [0.05, 0.1) is 0 Å². The molecule has 0 saturated carbocycles. The molecule has 0 amide bonds. The van der Waals surface area contributed by atoms with E-state index in [1.54, 1.807) is 0 Å². The topological polar surface area (TPSA) is 52.6 Å². The van der Waals surface area contributed by atoms with Crippen molar-refractivity contribution in [2.45, 2.75) is 68.2 Å². The summed E-state index contributed by atoms with van der Waals surface area (Å²) < 4.78 is 9.49. The highest BCUT2D eigenvalue weighted by molar-refractivity contribution is 5.69. The molecule has 0 aromatic heterocycles. The molecule has 0 saturated heterocycles. The molecule has 136 valence electrons. The molecule has 0 rings (SSSR count). The minimum atomic E-state index is -0.284. The first-order chi connectivity index (χ1) is 10.9. The first-order valence-electron chi connectivity index (χ1n) is 8.16. The van der Waals surface area contributed by atoms with Crippen LogP contribution in [0.5, 0.6) is 0 Å². The molecule has 0 N–H and O–H groups in total. The molecule has 0 heterocycles. The number of hydrogen-bond donors (Lipinski definition) is 0. The van der Waals surface area contributed by atoms with Gasteiger partial charge in [0.25, 0.3) is 0 Å². The summed E-state index contributed by atoms with van der Waals surface area (Å²) in [5, 5.41) is 0. The zero-order chi connectivity index (χ0) is 19.2. The van der Waals surface area contributed by atoms with Crippen LogP contribution in [0.3, 0.4) is 0 Å². The Labute approximate surface area is 147 Å². The maximum atomic E-state index is 10.9. The molecule has 0 aliphatic rings. The third-order valence-corrected chi connectivity index (χ3v) is 2.03. The number of rotatable bonds is 4. The van der Waals surface area contributed by atoms with E-state index in [0.717, 1.165) is 6.42 Å². The van der Waals surface area contributed by atoms with Gasteiger partial charge in [0.2, 0.25) is 0 Å². The molecule has 0 radical (unpaired) electrons. The minimum Gasteiger partial charge on any atom is -0.453 e. The fourth-order valence-electron chi connectivity index (χ4n) is 1.13. The van der Waals surface area contributed by atoms with Crippen LogP contribution in [-0.4, -0.2) is 25.2 Å². The van der Waals surface area contributed by atoms with Gasteiger partial charge in [-0.2, -0.15) is 0 Å². The van der Waals surface area contributed by atoms with Gasteiger partial charge in [0.1, 0.15) is 0 Å². The predicted octanol–water partition coefficient (Wildman–Crippen LogP) is 3.98. The first kappa shape index (κ1) is 24.3. The van der Waals surface area contributed by atoms with E-state index in [1.165, 1.54) is 6.92 Å². The van der Waals surface area contributed by atoms with E-state index in [0.29, 0.717) is 6.42 Å². The van der Waals surface area contributed by atoms with Gasteiger partial charge < -0.3 is 9.47 Å². The normalized spacial score (nSPS) is 10.0. The van der Waals surface area contributed by atoms with E-state index >= 15 is 0 Å². The van der Waals surface area contributed by atoms with Gasteiger partial charge in [-0.1, -0.05) is 30.6 Å². The predicted molar refractivity (Wildman–Crippen MR) is 97.0 cm³/mol. The molecule has 4 heteroatoms. The largest absolute Gasteiger partial charge is 0.453 e. The van der Waals surface area contributed by atoms with Crippen molar-refractivity contribution in [3.05, 3.63) is 0 Å². The van der Waals surface area contributed by atoms with Gasteiger partial charge in [0, 0.05) is 24.2 Å². The molecule has 0 atom stereocenters. The van der Waals surface area contributed by atoms with Crippen LogP contribution < -0.4 is 0 Å². The number of esters is 2. The van der Waals surface area contributed by atoms with Crippen molar-refractivity contribution in [3.8, 4) is 23.7 Å². The average Bonchev–Trinajstić information content (AvgIpc) is 2.39. The lowest BCUT2D eigenvalue weighted by molar-refractivity contribution is -0.142. The second-order valence-electron chi connectivity index (χ2n) is 7.29. The maximum Gasteiger partial charge on any atom is 0.306 e. The SMILES string of the molecule is CC(=O)OCC#CC(C)(C)C.CCCC(=O)OCC#CC(C)(C)C. The summed E-state index contributed by atoms with van der Waals surface area (Å²) in [7, 11) is 0. The molecule has 0 aromatic carbocycles. The van der Waals surface area contributed by atoms with E-state index in [1.807, 2.05) is 48.5 Å². The van der Waals surface area contributed by atoms with Crippen LogP contribution >= 0.6 is 0 Å². The Hall–Kier alpha value is -1.94. The Morgan fingerprint density at radius 2 is 1.25 bits per heavy atom. The van der Waals surface area contributed by atoms with Crippen LogP contribution in [-0.2, 0) is 19.1 Å². The molecular formula is C20H32O4. The summed E-state index contributed by atoms with van der Waals surface area (Å²) in [6, 6.07) is 0. The first-order valence-corrected chi connectivity index (χ1v) is 8.16. The fourth-order valence-corrected chi connectivity index (χ4v) is 1.13. The van der Waals surface area contributed by atoms with Gasteiger partial charge in [-0.15, -0.1) is 0 Å². The summed E-state index contributed by atoms with van der Waals surface area (Å²) in [5.74, 6) is 11.1. The van der Waals surface area contributed by atoms with E-state index < -0.39 is 0 Å². The standard InChI is InChI=1S/C11H18O2.C9H14O2/c1-5-7-10(12)13-9-6-8-11(2,3)4;1-8(10)11-7-5-6-9(2,3)4/h5,7,9H2,1-4H3;7H2,1-4H3. The molecule has 0 spiro atoms. The smallest absolute Gasteiger partial charge is 0.306 e. The zero-order valence-corrected chi connectivity index (χ0v) is 16.5. The molecule has 0 aromatic rings. The molecule has 4 nitrogen and oxygen atoms in total. The van der Waals surface area contributed by atoms with Gasteiger partial charge in [-0.25, -0.2) is 0 Å². The highest BCUT2D eigenvalue weighted by Gasteiger charge is 2.03. The van der Waals surface area contributed by atoms with Crippen LogP contribution in [0.15, 0.2) is 0 Å². The second kappa shape index (κ2) is 12.5. The maximum absolute atomic E-state index is 10.9. The second-order valence-corrected chi connectivity index (χ2v) is 7.29. The number of carbonyl (C=O) groups excluding carboxylic acids is 2. The van der Waals surface area contributed by atoms with E-state index in [9.17, 15) is 9.59 Å². The van der Waals surface area contributed by atoms with Crippen LogP contribution in [0.4, 0.5) is 0 Å². The highest BCUT2D eigenvalue weighted by Crippen LogP contribution is 2.09. The van der Waals surface area contributed by atoms with Gasteiger partial charge in [-0.3, -0.25) is 9.59 Å². The Morgan fingerprint density at radius 3 is 1.58 bits per heavy atom. The van der Waals surface area contributed by atoms with Crippen molar-refractivity contribution in [2.24, 2.45) is 10.8 Å². The quantitative estimate of drug-likeness (QED) is 0.575. The Kier molecular flexibility index (Phi) is 12.6. The molecule has 24 heavy (non-hydrogen) atoms. The third-order valence-electron chi connectivity index (χ3n) is 2.03. The lowest BCUT2D eigenvalue weighted by Crippen LogP contribution is -2.05. The summed E-state index contributed by atoms with van der Waals surface area (Å²) >= 11 is 0. The summed E-state index contributed by atoms with van der Waals surface area (Å²) in [5.41, 5.74) is -0.0304. The van der Waals surface area contributed by atoms with Crippen molar-refractivity contribution < 1.29 is 19.1 Å². The fraction of sp³-hybridized carbons (Fsp3) is 0.700. The summed E-state index contributed by atoms with van der Waals surface area (Å²) in [4.78, 5) is 21.2. The third kappa shape index (κ3) is 25.0. The Bertz CT molecular complexity index is 496. The summed E-state index contributed by atoms with van der Waals surface area (Å²) in [6.45, 7) is 15.8. The van der Waals surface area contributed by atoms with Crippen molar-refractivity contribution in [3.63, 3.8) is 0 Å². The molecular weight excluding hydrogens is 304 g/mol. The van der Waals surface area contributed by atoms with Gasteiger partial charge >= 0.3 is 11.9 Å². The highest BCUT2D eigenvalue weighted by atomic mass is 16.5. The number of hydrogen-bond acceptors (Lipinski definition) is 4. The monoisotopic (exact) mass is 336 g/mol. The average molecular weight is 336 g/mol. The molecule has 0 unspecified atom stereocenters. The number of carbonyl (C=O) groups is 2. The van der Waals surface area contributed by atoms with Crippen molar-refractivity contribution in [2.75, 3.05) is 13.2 Å². The van der Waals surface area contributed by atoms with Crippen LogP contribution in [0.1, 0.15) is 68.2 Å². The lowest BCUT2D eigenvalue weighted by atomic mass is 9.98. The van der Waals surface area contributed by atoms with E-state index in [-0.39, 0.29) is 36.0 Å². The molecule has 0 aliphatic carbocycles. The van der Waals surface area contributed by atoms with Crippen molar-refractivity contribution >= 4 is 11.9 Å². The van der Waals surface area contributed by atoms with Crippen LogP contribution in [0.25, 0.3) is 0 Å². The lowest BCUT2D eigenvalue weighted by Gasteiger charge is -2.06. The number of ether oxygens (including phenoxy) is 2. The Balaban J connectivity index is 0. The van der Waals surface area contributed by atoms with Gasteiger partial charge in [-0.05, 0) is 48.0 Å². The van der Waals surface area contributed by atoms with E-state index in [2.05, 4.69) is 28.4 Å². The van der Waals surface area contributed by atoms with Crippen molar-refractivity contribution in [1.29, 1.82) is 0 Å². The van der Waals surface area contributed by atoms with Crippen LogP contribution in [0.2, 0.25) is 0 Å². The molecule has 0 aliphatic heterocycles. The zero-order valence-electron chi connectivity index (χ0n) is 16.5. The van der Waals surface area contributed by atoms with Crippen molar-refractivity contribution in [1.82, 2.24) is 0 Å². The minimum absolute atomic E-state index is 0.0137. The van der Waals surface area contributed by atoms with Gasteiger partial charge in [0.15, 0.2) is 13.2 Å². The molecule has 0 fully saturated rings. The molecule has 0 bridgehead atoms. The Morgan fingerprint density at radius 1 is 0.833 bits per heavy atom.